The van der Waals surface area contributed by atoms with Gasteiger partial charge < -0.3 is 10.6 Å². The molecule has 0 saturated carbocycles. The summed E-state index contributed by atoms with van der Waals surface area (Å²) < 4.78 is 0. The van der Waals surface area contributed by atoms with Crippen LogP contribution >= 0.6 is 0 Å². The van der Waals surface area contributed by atoms with Crippen molar-refractivity contribution in [3.63, 3.8) is 0 Å². The third-order valence-corrected chi connectivity index (χ3v) is 4.44. The smallest absolute Gasteiger partial charge is 0.239 e. The van der Waals surface area contributed by atoms with Gasteiger partial charge in [-0.2, -0.15) is 0 Å². The predicted octanol–water partition coefficient (Wildman–Crippen LogP) is 4.52. The van der Waals surface area contributed by atoms with E-state index in [1.807, 2.05) is 64.1 Å². The van der Waals surface area contributed by atoms with Crippen LogP contribution in [-0.2, 0) is 9.59 Å². The zero-order chi connectivity index (χ0) is 18.8. The fourth-order valence-electron chi connectivity index (χ4n) is 2.74. The zero-order valence-corrected chi connectivity index (χ0v) is 15.8. The first-order chi connectivity index (χ1) is 11.6. The van der Waals surface area contributed by atoms with E-state index < -0.39 is 5.41 Å². The molecule has 4 heteroatoms. The highest BCUT2D eigenvalue weighted by molar-refractivity contribution is 6.14. The maximum atomic E-state index is 12.8. The number of benzene rings is 2. The van der Waals surface area contributed by atoms with E-state index in [2.05, 4.69) is 10.6 Å². The summed E-state index contributed by atoms with van der Waals surface area (Å²) in [6, 6.07) is 11.5. The normalized spacial score (nSPS) is 11.1. The Morgan fingerprint density at radius 1 is 0.800 bits per heavy atom. The van der Waals surface area contributed by atoms with Crippen LogP contribution < -0.4 is 10.6 Å². The maximum Gasteiger partial charge on any atom is 0.239 e. The fourth-order valence-corrected chi connectivity index (χ4v) is 2.74. The van der Waals surface area contributed by atoms with Gasteiger partial charge in [0.2, 0.25) is 11.8 Å². The first kappa shape index (κ1) is 18.7. The van der Waals surface area contributed by atoms with E-state index in [0.29, 0.717) is 0 Å². The van der Waals surface area contributed by atoms with Gasteiger partial charge in [0.1, 0.15) is 5.41 Å². The van der Waals surface area contributed by atoms with Crippen molar-refractivity contribution in [3.8, 4) is 0 Å². The lowest BCUT2D eigenvalue weighted by atomic mass is 9.90. The van der Waals surface area contributed by atoms with E-state index in [9.17, 15) is 9.59 Å². The monoisotopic (exact) mass is 338 g/mol. The first-order valence-electron chi connectivity index (χ1n) is 8.39. The molecule has 0 aliphatic heterocycles. The number of para-hydroxylation sites is 1. The van der Waals surface area contributed by atoms with Crippen molar-refractivity contribution in [1.29, 1.82) is 0 Å². The summed E-state index contributed by atoms with van der Waals surface area (Å²) in [4.78, 5) is 25.4. The number of aryl methyl sites for hydroxylation is 4. The molecule has 2 aromatic rings. The zero-order valence-electron chi connectivity index (χ0n) is 15.8. The lowest BCUT2D eigenvalue weighted by molar-refractivity contribution is -0.135. The van der Waals surface area contributed by atoms with Crippen LogP contribution in [0.5, 0.6) is 0 Å². The molecule has 0 atom stereocenters. The highest BCUT2D eigenvalue weighted by Crippen LogP contribution is 2.26. The number of hydrogen-bond donors (Lipinski definition) is 2. The molecule has 2 amide bonds. The van der Waals surface area contributed by atoms with Gasteiger partial charge in [0.15, 0.2) is 0 Å². The number of nitrogens with one attached hydrogen (secondary N) is 2. The van der Waals surface area contributed by atoms with E-state index >= 15 is 0 Å². The Bertz CT molecular complexity index is 799. The molecule has 0 bridgehead atoms. The number of hydrogen-bond acceptors (Lipinski definition) is 2. The predicted molar refractivity (Wildman–Crippen MR) is 103 cm³/mol. The van der Waals surface area contributed by atoms with Gasteiger partial charge >= 0.3 is 0 Å². The molecule has 0 aliphatic rings. The Kier molecular flexibility index (Phi) is 5.31. The molecular formula is C21H26N2O2. The number of anilines is 2. The van der Waals surface area contributed by atoms with Crippen LogP contribution in [0, 0.1) is 33.1 Å². The standard InChI is InChI=1S/C21H26N2O2/c1-13-11-15(3)18(16(4)12-13)23-20(25)21(5,6)19(24)22-17-10-8-7-9-14(17)2/h7-12H,1-6H3,(H,22,24)(H,23,25). The van der Waals surface area contributed by atoms with Crippen molar-refractivity contribution in [2.75, 3.05) is 10.6 Å². The Labute approximate surface area is 149 Å². The third kappa shape index (κ3) is 4.08. The van der Waals surface area contributed by atoms with Crippen molar-refractivity contribution in [2.45, 2.75) is 41.5 Å². The summed E-state index contributed by atoms with van der Waals surface area (Å²) in [7, 11) is 0. The number of rotatable bonds is 4. The average molecular weight is 338 g/mol. The molecule has 0 aliphatic carbocycles. The van der Waals surface area contributed by atoms with Crippen molar-refractivity contribution in [2.24, 2.45) is 5.41 Å². The van der Waals surface area contributed by atoms with Crippen LogP contribution in [-0.4, -0.2) is 11.8 Å². The SMILES string of the molecule is Cc1cc(C)c(NC(=O)C(C)(C)C(=O)Nc2ccccc2C)c(C)c1. The second-order valence-corrected chi connectivity index (χ2v) is 7.12. The third-order valence-electron chi connectivity index (χ3n) is 4.44. The molecule has 25 heavy (non-hydrogen) atoms. The maximum absolute atomic E-state index is 12.8. The molecule has 0 unspecified atom stereocenters. The van der Waals surface area contributed by atoms with Crippen LogP contribution in [0.4, 0.5) is 11.4 Å². The molecule has 0 radical (unpaired) electrons. The van der Waals surface area contributed by atoms with Crippen molar-refractivity contribution < 1.29 is 9.59 Å². The number of carbonyl (C=O) groups is 2. The summed E-state index contributed by atoms with van der Waals surface area (Å²) in [5, 5.41) is 5.78. The van der Waals surface area contributed by atoms with E-state index in [1.165, 1.54) is 0 Å². The Morgan fingerprint density at radius 2 is 1.32 bits per heavy atom. The van der Waals surface area contributed by atoms with Crippen LogP contribution in [0.15, 0.2) is 36.4 Å². The minimum absolute atomic E-state index is 0.325. The van der Waals surface area contributed by atoms with Gasteiger partial charge in [-0.25, -0.2) is 0 Å². The first-order valence-corrected chi connectivity index (χ1v) is 8.39. The van der Waals surface area contributed by atoms with E-state index in [4.69, 9.17) is 0 Å². The van der Waals surface area contributed by atoms with E-state index in [1.54, 1.807) is 13.8 Å². The molecule has 0 saturated heterocycles. The van der Waals surface area contributed by atoms with E-state index in [0.717, 1.165) is 33.6 Å². The Balaban J connectivity index is 2.20. The molecule has 132 valence electrons. The van der Waals surface area contributed by atoms with Gasteiger partial charge in [-0.3, -0.25) is 9.59 Å². The van der Waals surface area contributed by atoms with Crippen LogP contribution in [0.2, 0.25) is 0 Å². The molecule has 2 N–H and O–H groups in total. The molecule has 2 aromatic carbocycles. The number of amides is 2. The second-order valence-electron chi connectivity index (χ2n) is 7.12. The van der Waals surface area contributed by atoms with Gasteiger partial charge in [0.05, 0.1) is 0 Å². The molecule has 0 aromatic heterocycles. The molecule has 0 fully saturated rings. The van der Waals surface area contributed by atoms with Gasteiger partial charge in [-0.05, 0) is 64.3 Å². The number of carbonyl (C=O) groups excluding carboxylic acids is 2. The average Bonchev–Trinajstić information content (AvgIpc) is 2.52. The van der Waals surface area contributed by atoms with Crippen molar-refractivity contribution >= 4 is 23.2 Å². The van der Waals surface area contributed by atoms with Gasteiger partial charge in [0.25, 0.3) is 0 Å². The molecule has 0 heterocycles. The minimum atomic E-state index is -1.20. The summed E-state index contributed by atoms with van der Waals surface area (Å²) in [6.07, 6.45) is 0. The fraction of sp³-hybridized carbons (Fsp3) is 0.333. The Hall–Kier alpha value is -2.62. The Morgan fingerprint density at radius 3 is 1.88 bits per heavy atom. The molecule has 4 nitrogen and oxygen atoms in total. The summed E-state index contributed by atoms with van der Waals surface area (Å²) >= 11 is 0. The lowest BCUT2D eigenvalue weighted by Gasteiger charge is -2.24. The highest BCUT2D eigenvalue weighted by Gasteiger charge is 2.36. The van der Waals surface area contributed by atoms with Gasteiger partial charge in [-0.1, -0.05) is 35.9 Å². The second kappa shape index (κ2) is 7.09. The summed E-state index contributed by atoms with van der Waals surface area (Å²) in [6.45, 7) is 11.1. The highest BCUT2D eigenvalue weighted by atomic mass is 16.2. The van der Waals surface area contributed by atoms with Gasteiger partial charge in [0, 0.05) is 11.4 Å². The van der Waals surface area contributed by atoms with Crippen molar-refractivity contribution in [1.82, 2.24) is 0 Å². The van der Waals surface area contributed by atoms with Crippen molar-refractivity contribution in [3.05, 3.63) is 58.7 Å². The lowest BCUT2D eigenvalue weighted by Crippen LogP contribution is -2.42. The van der Waals surface area contributed by atoms with Crippen LogP contribution in [0.3, 0.4) is 0 Å². The van der Waals surface area contributed by atoms with E-state index in [-0.39, 0.29) is 11.8 Å². The minimum Gasteiger partial charge on any atom is -0.325 e. The summed E-state index contributed by atoms with van der Waals surface area (Å²) in [5.41, 5.74) is 4.36. The van der Waals surface area contributed by atoms with Crippen LogP contribution in [0.1, 0.15) is 36.1 Å². The molecule has 2 rings (SSSR count). The summed E-state index contributed by atoms with van der Waals surface area (Å²) in [5.74, 6) is -0.657. The molecule has 0 spiro atoms. The molecular weight excluding hydrogens is 312 g/mol. The quantitative estimate of drug-likeness (QED) is 0.805. The van der Waals surface area contributed by atoms with Crippen LogP contribution in [0.25, 0.3) is 0 Å². The van der Waals surface area contributed by atoms with Gasteiger partial charge in [-0.15, -0.1) is 0 Å². The largest absolute Gasteiger partial charge is 0.325 e. The topological polar surface area (TPSA) is 58.2 Å².